The molecule has 1 aromatic rings. The lowest BCUT2D eigenvalue weighted by Crippen LogP contribution is -2.39. The van der Waals surface area contributed by atoms with E-state index >= 15 is 0 Å². The average molecular weight is 237 g/mol. The van der Waals surface area contributed by atoms with E-state index in [4.69, 9.17) is 9.47 Å². The molecule has 0 saturated carbocycles. The fourth-order valence-corrected chi connectivity index (χ4v) is 1.40. The first-order chi connectivity index (χ1) is 7.99. The largest absolute Gasteiger partial charge is 0.469 e. The summed E-state index contributed by atoms with van der Waals surface area (Å²) in [6, 6.07) is 1.81. The zero-order valence-corrected chi connectivity index (χ0v) is 10.8. The average Bonchev–Trinajstić information content (AvgIpc) is 2.22. The number of anilines is 1. The molecule has 0 bridgehead atoms. The van der Waals surface area contributed by atoms with Crippen LogP contribution in [0.2, 0.25) is 0 Å². The van der Waals surface area contributed by atoms with E-state index in [9.17, 15) is 0 Å². The lowest BCUT2D eigenvalue weighted by atomic mass is 9.96. The Morgan fingerprint density at radius 3 is 2.53 bits per heavy atom. The highest BCUT2D eigenvalue weighted by Crippen LogP contribution is 2.24. The second kappa shape index (κ2) is 4.49. The minimum atomic E-state index is -0.0961. The molecule has 94 valence electrons. The fourth-order valence-electron chi connectivity index (χ4n) is 1.40. The third-order valence-electron chi connectivity index (χ3n) is 2.52. The van der Waals surface area contributed by atoms with Crippen molar-refractivity contribution in [3.8, 4) is 5.88 Å². The molecular weight excluding hydrogens is 218 g/mol. The highest BCUT2D eigenvalue weighted by Gasteiger charge is 2.23. The Hall–Kier alpha value is -1.36. The number of ether oxygens (including phenoxy) is 2. The van der Waals surface area contributed by atoms with Crippen molar-refractivity contribution in [3.63, 3.8) is 0 Å². The number of hydrogen-bond acceptors (Lipinski definition) is 5. The maximum absolute atomic E-state index is 5.71. The van der Waals surface area contributed by atoms with Crippen LogP contribution in [0.4, 0.5) is 5.82 Å². The molecule has 0 spiro atoms. The quantitative estimate of drug-likeness (QED) is 0.865. The number of nitrogens with one attached hydrogen (secondary N) is 1. The summed E-state index contributed by atoms with van der Waals surface area (Å²) in [5, 5.41) is 3.03. The lowest BCUT2D eigenvalue weighted by molar-refractivity contribution is -0.0814. The van der Waals surface area contributed by atoms with Crippen LogP contribution in [0.1, 0.15) is 26.6 Å². The molecule has 1 N–H and O–H groups in total. The smallest absolute Gasteiger partial charge is 0.219 e. The summed E-state index contributed by atoms with van der Waals surface area (Å²) in [6.45, 7) is 7.53. The summed E-state index contributed by atoms with van der Waals surface area (Å²) in [6.07, 6.45) is 0.127. The van der Waals surface area contributed by atoms with E-state index in [0.717, 1.165) is 11.6 Å². The van der Waals surface area contributed by atoms with Gasteiger partial charge in [-0.1, -0.05) is 20.8 Å². The Morgan fingerprint density at radius 1 is 1.35 bits per heavy atom. The molecule has 1 aliphatic rings. The summed E-state index contributed by atoms with van der Waals surface area (Å²) in [7, 11) is 1.84. The Bertz CT molecular complexity index is 397. The van der Waals surface area contributed by atoms with Gasteiger partial charge in [0.05, 0.1) is 13.2 Å². The first-order valence-electron chi connectivity index (χ1n) is 5.81. The van der Waals surface area contributed by atoms with Crippen molar-refractivity contribution >= 4 is 5.82 Å². The van der Waals surface area contributed by atoms with Crippen LogP contribution >= 0.6 is 0 Å². The minimum absolute atomic E-state index is 0.0961. The molecule has 0 aliphatic carbocycles. The highest BCUT2D eigenvalue weighted by atomic mass is 16.6. The van der Waals surface area contributed by atoms with E-state index in [-0.39, 0.29) is 11.5 Å². The zero-order valence-electron chi connectivity index (χ0n) is 10.8. The molecule has 1 fully saturated rings. The van der Waals surface area contributed by atoms with Crippen molar-refractivity contribution in [2.75, 3.05) is 25.6 Å². The summed E-state index contributed by atoms with van der Waals surface area (Å²) in [4.78, 5) is 8.89. The standard InChI is InChI=1S/C12H19N3O2/c1-12(2,3)11-14-9(13-4)5-10(15-11)17-8-6-16-7-8/h5,8H,6-7H2,1-4H3,(H,13,14,15). The van der Waals surface area contributed by atoms with Gasteiger partial charge in [0.2, 0.25) is 5.88 Å². The van der Waals surface area contributed by atoms with E-state index in [0.29, 0.717) is 19.1 Å². The summed E-state index contributed by atoms with van der Waals surface area (Å²) in [5.74, 6) is 2.17. The Balaban J connectivity index is 2.24. The molecule has 2 heterocycles. The Morgan fingerprint density at radius 2 is 2.06 bits per heavy atom. The predicted octanol–water partition coefficient (Wildman–Crippen LogP) is 1.59. The van der Waals surface area contributed by atoms with Gasteiger partial charge in [0.1, 0.15) is 17.7 Å². The van der Waals surface area contributed by atoms with Gasteiger partial charge in [-0.3, -0.25) is 0 Å². The molecular formula is C12H19N3O2. The third kappa shape index (κ3) is 2.85. The van der Waals surface area contributed by atoms with Crippen LogP contribution in [-0.2, 0) is 10.2 Å². The monoisotopic (exact) mass is 237 g/mol. The molecule has 0 atom stereocenters. The van der Waals surface area contributed by atoms with Crippen molar-refractivity contribution in [2.45, 2.75) is 32.3 Å². The second-order valence-electron chi connectivity index (χ2n) is 5.19. The first kappa shape index (κ1) is 12.1. The topological polar surface area (TPSA) is 56.3 Å². The van der Waals surface area contributed by atoms with Crippen LogP contribution in [0.5, 0.6) is 5.88 Å². The normalized spacial score (nSPS) is 16.5. The van der Waals surface area contributed by atoms with Crippen molar-refractivity contribution in [1.82, 2.24) is 9.97 Å². The van der Waals surface area contributed by atoms with Crippen molar-refractivity contribution in [3.05, 3.63) is 11.9 Å². The van der Waals surface area contributed by atoms with E-state index in [1.54, 1.807) is 0 Å². The first-order valence-corrected chi connectivity index (χ1v) is 5.81. The van der Waals surface area contributed by atoms with Crippen molar-refractivity contribution in [2.24, 2.45) is 0 Å². The van der Waals surface area contributed by atoms with Crippen molar-refractivity contribution < 1.29 is 9.47 Å². The molecule has 5 heteroatoms. The highest BCUT2D eigenvalue weighted by molar-refractivity contribution is 5.38. The maximum Gasteiger partial charge on any atom is 0.219 e. The van der Waals surface area contributed by atoms with Crippen LogP contribution in [0.15, 0.2) is 6.07 Å². The Labute approximate surface area is 102 Å². The fraction of sp³-hybridized carbons (Fsp3) is 0.667. The van der Waals surface area contributed by atoms with Gasteiger partial charge in [-0.15, -0.1) is 0 Å². The van der Waals surface area contributed by atoms with Crippen LogP contribution in [0.25, 0.3) is 0 Å². The Kier molecular flexibility index (Phi) is 3.19. The molecule has 1 saturated heterocycles. The number of rotatable bonds is 3. The van der Waals surface area contributed by atoms with Crippen LogP contribution in [0, 0.1) is 0 Å². The molecule has 1 aliphatic heterocycles. The van der Waals surface area contributed by atoms with Crippen molar-refractivity contribution in [1.29, 1.82) is 0 Å². The molecule has 0 unspecified atom stereocenters. The molecule has 0 aromatic carbocycles. The third-order valence-corrected chi connectivity index (χ3v) is 2.52. The van der Waals surface area contributed by atoms with Gasteiger partial charge in [0, 0.05) is 18.5 Å². The van der Waals surface area contributed by atoms with Gasteiger partial charge < -0.3 is 14.8 Å². The predicted molar refractivity (Wildman–Crippen MR) is 65.5 cm³/mol. The zero-order chi connectivity index (χ0) is 12.5. The van der Waals surface area contributed by atoms with E-state index < -0.39 is 0 Å². The number of hydrogen-bond donors (Lipinski definition) is 1. The lowest BCUT2D eigenvalue weighted by Gasteiger charge is -2.27. The van der Waals surface area contributed by atoms with Crippen LogP contribution in [-0.4, -0.2) is 36.3 Å². The van der Waals surface area contributed by atoms with Crippen LogP contribution in [0.3, 0.4) is 0 Å². The van der Waals surface area contributed by atoms with E-state index in [1.807, 2.05) is 13.1 Å². The van der Waals surface area contributed by atoms with E-state index in [1.165, 1.54) is 0 Å². The van der Waals surface area contributed by atoms with Gasteiger partial charge in [0.25, 0.3) is 0 Å². The molecule has 5 nitrogen and oxygen atoms in total. The van der Waals surface area contributed by atoms with Gasteiger partial charge in [0.15, 0.2) is 0 Å². The molecule has 1 aromatic heterocycles. The molecule has 0 radical (unpaired) electrons. The van der Waals surface area contributed by atoms with Crippen LogP contribution < -0.4 is 10.1 Å². The number of nitrogens with zero attached hydrogens (tertiary/aromatic N) is 2. The van der Waals surface area contributed by atoms with Gasteiger partial charge in [-0.25, -0.2) is 4.98 Å². The van der Waals surface area contributed by atoms with E-state index in [2.05, 4.69) is 36.1 Å². The maximum atomic E-state index is 5.71. The number of aromatic nitrogens is 2. The summed E-state index contributed by atoms with van der Waals surface area (Å²) >= 11 is 0. The molecule has 2 rings (SSSR count). The minimum Gasteiger partial charge on any atom is -0.469 e. The molecule has 0 amide bonds. The van der Waals surface area contributed by atoms with Gasteiger partial charge >= 0.3 is 0 Å². The summed E-state index contributed by atoms with van der Waals surface area (Å²) < 4.78 is 10.8. The van der Waals surface area contributed by atoms with Gasteiger partial charge in [-0.2, -0.15) is 4.98 Å². The molecule has 17 heavy (non-hydrogen) atoms. The SMILES string of the molecule is CNc1cc(OC2COC2)nc(C(C)(C)C)n1. The summed E-state index contributed by atoms with van der Waals surface area (Å²) in [5.41, 5.74) is -0.0961. The second-order valence-corrected chi connectivity index (χ2v) is 5.19. The van der Waals surface area contributed by atoms with Gasteiger partial charge in [-0.05, 0) is 0 Å².